The molecule has 3 rings (SSSR count). The number of nitrogens with zero attached hydrogens (tertiary/aromatic N) is 4. The zero-order valence-electron chi connectivity index (χ0n) is 11.9. The summed E-state index contributed by atoms with van der Waals surface area (Å²) in [5, 5.41) is -1.33. The zero-order chi connectivity index (χ0) is 15.0. The SMILES string of the molecule is CC(F)(P)C1CC(N)CN(c2ccnc3nccnc23)C1. The second-order valence-corrected chi connectivity index (χ2v) is 6.94. The Morgan fingerprint density at radius 3 is 2.76 bits per heavy atom. The summed E-state index contributed by atoms with van der Waals surface area (Å²) in [6, 6.07) is 1.84. The van der Waals surface area contributed by atoms with Crippen LogP contribution in [0.15, 0.2) is 24.7 Å². The van der Waals surface area contributed by atoms with Crippen LogP contribution in [0.2, 0.25) is 0 Å². The van der Waals surface area contributed by atoms with Crippen molar-refractivity contribution in [2.45, 2.75) is 24.8 Å². The van der Waals surface area contributed by atoms with Crippen molar-refractivity contribution in [1.29, 1.82) is 0 Å². The number of alkyl halides is 1. The van der Waals surface area contributed by atoms with Gasteiger partial charge in [0.05, 0.1) is 5.69 Å². The molecule has 1 aliphatic heterocycles. The minimum Gasteiger partial charge on any atom is -0.368 e. The molecular formula is C14H19FN5P. The van der Waals surface area contributed by atoms with Crippen LogP contribution < -0.4 is 10.6 Å². The number of halogens is 1. The van der Waals surface area contributed by atoms with Gasteiger partial charge in [0.2, 0.25) is 0 Å². The van der Waals surface area contributed by atoms with Gasteiger partial charge in [-0.2, -0.15) is 0 Å². The van der Waals surface area contributed by atoms with E-state index in [0.717, 1.165) is 11.2 Å². The van der Waals surface area contributed by atoms with Gasteiger partial charge < -0.3 is 10.6 Å². The van der Waals surface area contributed by atoms with Gasteiger partial charge in [-0.3, -0.25) is 0 Å². The Morgan fingerprint density at radius 1 is 1.29 bits per heavy atom. The highest BCUT2D eigenvalue weighted by Crippen LogP contribution is 2.37. The van der Waals surface area contributed by atoms with E-state index in [4.69, 9.17) is 5.73 Å². The third-order valence-corrected chi connectivity index (χ3v) is 4.44. The minimum absolute atomic E-state index is 0.0562. The number of aromatic nitrogens is 3. The maximum absolute atomic E-state index is 14.3. The fourth-order valence-electron chi connectivity index (χ4n) is 2.86. The first-order chi connectivity index (χ1) is 9.95. The Balaban J connectivity index is 1.98. The maximum atomic E-state index is 14.3. The normalized spacial score (nSPS) is 25.8. The van der Waals surface area contributed by atoms with E-state index < -0.39 is 5.41 Å². The number of pyridine rings is 1. The molecular weight excluding hydrogens is 288 g/mol. The van der Waals surface area contributed by atoms with Crippen LogP contribution >= 0.6 is 9.24 Å². The Kier molecular flexibility index (Phi) is 3.76. The Morgan fingerprint density at radius 2 is 2.00 bits per heavy atom. The molecule has 5 nitrogen and oxygen atoms in total. The molecule has 0 bridgehead atoms. The van der Waals surface area contributed by atoms with Crippen LogP contribution in [-0.4, -0.2) is 39.5 Å². The van der Waals surface area contributed by atoms with Crippen LogP contribution in [0.1, 0.15) is 13.3 Å². The van der Waals surface area contributed by atoms with Crippen LogP contribution in [0.25, 0.3) is 11.2 Å². The van der Waals surface area contributed by atoms with E-state index in [-0.39, 0.29) is 12.0 Å². The number of hydrogen-bond donors (Lipinski definition) is 1. The average molecular weight is 307 g/mol. The van der Waals surface area contributed by atoms with E-state index >= 15 is 0 Å². The van der Waals surface area contributed by atoms with Gasteiger partial charge >= 0.3 is 0 Å². The summed E-state index contributed by atoms with van der Waals surface area (Å²) in [6.07, 6.45) is 5.65. The van der Waals surface area contributed by atoms with Crippen LogP contribution in [0.5, 0.6) is 0 Å². The van der Waals surface area contributed by atoms with Crippen molar-refractivity contribution >= 4 is 26.1 Å². The molecule has 3 heterocycles. The Labute approximate surface area is 125 Å². The van der Waals surface area contributed by atoms with E-state index in [9.17, 15) is 4.39 Å². The van der Waals surface area contributed by atoms with E-state index in [2.05, 4.69) is 29.1 Å². The van der Waals surface area contributed by atoms with Gasteiger partial charge in [0.25, 0.3) is 0 Å². The molecule has 1 saturated heterocycles. The first-order valence-corrected chi connectivity index (χ1v) is 7.57. The molecule has 112 valence electrons. The lowest BCUT2D eigenvalue weighted by Gasteiger charge is -2.41. The van der Waals surface area contributed by atoms with E-state index in [1.54, 1.807) is 25.5 Å². The third kappa shape index (κ3) is 2.97. The number of hydrogen-bond acceptors (Lipinski definition) is 5. The van der Waals surface area contributed by atoms with Crippen LogP contribution in [-0.2, 0) is 0 Å². The van der Waals surface area contributed by atoms with Gasteiger partial charge in [-0.05, 0) is 19.4 Å². The number of rotatable bonds is 2. The number of piperidine rings is 1. The topological polar surface area (TPSA) is 67.9 Å². The molecule has 1 fully saturated rings. The highest BCUT2D eigenvalue weighted by Gasteiger charge is 2.36. The summed E-state index contributed by atoms with van der Waals surface area (Å²) in [6.45, 7) is 2.88. The number of nitrogens with two attached hydrogens (primary N) is 1. The molecule has 4 unspecified atom stereocenters. The first-order valence-electron chi connectivity index (χ1n) is 6.99. The number of fused-ring (bicyclic) bond motifs is 1. The fraction of sp³-hybridized carbons (Fsp3) is 0.500. The molecule has 2 aromatic rings. The van der Waals surface area contributed by atoms with Crippen molar-refractivity contribution in [2.75, 3.05) is 18.0 Å². The molecule has 7 heteroatoms. The highest BCUT2D eigenvalue weighted by atomic mass is 31.0. The minimum atomic E-state index is -1.33. The van der Waals surface area contributed by atoms with Crippen molar-refractivity contribution in [1.82, 2.24) is 15.0 Å². The summed E-state index contributed by atoms with van der Waals surface area (Å²) in [5.74, 6) is -0.133. The lowest BCUT2D eigenvalue weighted by molar-refractivity contribution is 0.177. The van der Waals surface area contributed by atoms with E-state index in [0.29, 0.717) is 25.2 Å². The molecule has 2 N–H and O–H groups in total. The highest BCUT2D eigenvalue weighted by molar-refractivity contribution is 7.18. The van der Waals surface area contributed by atoms with E-state index in [1.807, 2.05) is 6.07 Å². The molecule has 0 aromatic carbocycles. The Bertz CT molecular complexity index is 639. The summed E-state index contributed by atoms with van der Waals surface area (Å²) >= 11 is 0. The third-order valence-electron chi connectivity index (χ3n) is 3.97. The van der Waals surface area contributed by atoms with Crippen LogP contribution in [0, 0.1) is 5.92 Å². The van der Waals surface area contributed by atoms with Crippen molar-refractivity contribution in [3.05, 3.63) is 24.7 Å². The fourth-order valence-corrected chi connectivity index (χ4v) is 3.10. The van der Waals surface area contributed by atoms with Crippen molar-refractivity contribution in [3.63, 3.8) is 0 Å². The van der Waals surface area contributed by atoms with Gasteiger partial charge in [0.15, 0.2) is 5.65 Å². The second kappa shape index (κ2) is 5.43. The molecule has 21 heavy (non-hydrogen) atoms. The molecule has 0 aliphatic carbocycles. The van der Waals surface area contributed by atoms with Gasteiger partial charge in [0, 0.05) is 43.6 Å². The van der Waals surface area contributed by atoms with Crippen molar-refractivity contribution in [3.8, 4) is 0 Å². The largest absolute Gasteiger partial charge is 0.368 e. The molecule has 1 aliphatic rings. The quantitative estimate of drug-likeness (QED) is 0.856. The van der Waals surface area contributed by atoms with Gasteiger partial charge in [-0.25, -0.2) is 19.3 Å². The maximum Gasteiger partial charge on any atom is 0.180 e. The Hall–Kier alpha value is -1.39. The second-order valence-electron chi connectivity index (χ2n) is 5.81. The summed E-state index contributed by atoms with van der Waals surface area (Å²) < 4.78 is 14.3. The summed E-state index contributed by atoms with van der Waals surface area (Å²) in [5.41, 5.74) is 8.37. The molecule has 4 atom stereocenters. The summed E-state index contributed by atoms with van der Waals surface area (Å²) in [7, 11) is 2.29. The summed E-state index contributed by atoms with van der Waals surface area (Å²) in [4.78, 5) is 14.9. The van der Waals surface area contributed by atoms with Crippen molar-refractivity contribution < 1.29 is 4.39 Å². The van der Waals surface area contributed by atoms with E-state index in [1.165, 1.54) is 0 Å². The lowest BCUT2D eigenvalue weighted by atomic mass is 9.90. The molecule has 0 spiro atoms. The van der Waals surface area contributed by atoms with Crippen molar-refractivity contribution in [2.24, 2.45) is 11.7 Å². The van der Waals surface area contributed by atoms with Gasteiger partial charge in [-0.15, -0.1) is 0 Å². The monoisotopic (exact) mass is 307 g/mol. The van der Waals surface area contributed by atoms with Gasteiger partial charge in [0.1, 0.15) is 10.9 Å². The van der Waals surface area contributed by atoms with Gasteiger partial charge in [-0.1, -0.05) is 9.24 Å². The average Bonchev–Trinajstić information content (AvgIpc) is 2.45. The molecule has 0 saturated carbocycles. The number of anilines is 1. The molecule has 0 radical (unpaired) electrons. The zero-order valence-corrected chi connectivity index (χ0v) is 13.1. The molecule has 0 amide bonds. The smallest absolute Gasteiger partial charge is 0.180 e. The predicted molar refractivity (Wildman–Crippen MR) is 84.9 cm³/mol. The van der Waals surface area contributed by atoms with Crippen LogP contribution in [0.4, 0.5) is 10.1 Å². The first kappa shape index (κ1) is 14.5. The predicted octanol–water partition coefficient (Wildman–Crippen LogP) is 1.74. The molecule has 2 aromatic heterocycles. The lowest BCUT2D eigenvalue weighted by Crippen LogP contribution is -2.51. The van der Waals surface area contributed by atoms with Crippen LogP contribution in [0.3, 0.4) is 0 Å². The standard InChI is InChI=1S/C14H19FN5P/c1-14(15,21)9-6-10(16)8-20(7-9)11-2-3-18-13-12(11)17-4-5-19-13/h2-5,9-10H,6-8,16,21H2,1H3.